The smallest absolute Gasteiger partial charge is 0.0569 e. The molecule has 0 aromatic rings. The second-order valence-electron chi connectivity index (χ2n) is 6.50. The van der Waals surface area contributed by atoms with Crippen LogP contribution in [-0.4, -0.2) is 22.4 Å². The minimum absolute atomic E-state index is 0.195. The van der Waals surface area contributed by atoms with E-state index in [9.17, 15) is 10.2 Å². The molecule has 1 aliphatic rings. The van der Waals surface area contributed by atoms with Crippen LogP contribution >= 0.6 is 0 Å². The largest absolute Gasteiger partial charge is 0.393 e. The highest BCUT2D eigenvalue weighted by atomic mass is 16.3. The molecule has 0 spiro atoms. The molecule has 1 fully saturated rings. The lowest BCUT2D eigenvalue weighted by atomic mass is 9.67. The van der Waals surface area contributed by atoms with E-state index in [2.05, 4.69) is 20.8 Å². The molecule has 16 heavy (non-hydrogen) atoms. The van der Waals surface area contributed by atoms with Gasteiger partial charge in [-0.3, -0.25) is 0 Å². The van der Waals surface area contributed by atoms with Gasteiger partial charge in [-0.15, -0.1) is 0 Å². The van der Waals surface area contributed by atoms with Crippen LogP contribution in [0.5, 0.6) is 0 Å². The number of hydrogen-bond acceptors (Lipinski definition) is 2. The van der Waals surface area contributed by atoms with Crippen LogP contribution < -0.4 is 0 Å². The van der Waals surface area contributed by atoms with Crippen LogP contribution in [0.2, 0.25) is 0 Å². The fourth-order valence-electron chi connectivity index (χ4n) is 2.80. The van der Waals surface area contributed by atoms with Gasteiger partial charge in [0.25, 0.3) is 0 Å². The van der Waals surface area contributed by atoms with Crippen molar-refractivity contribution in [2.45, 2.75) is 72.0 Å². The predicted molar refractivity (Wildman–Crippen MR) is 67.2 cm³/mol. The van der Waals surface area contributed by atoms with E-state index in [0.29, 0.717) is 17.3 Å². The van der Waals surface area contributed by atoms with Crippen LogP contribution in [0, 0.1) is 17.3 Å². The highest BCUT2D eigenvalue weighted by molar-refractivity contribution is 4.86. The first-order chi connectivity index (χ1) is 7.34. The van der Waals surface area contributed by atoms with Crippen LogP contribution in [0.25, 0.3) is 0 Å². The van der Waals surface area contributed by atoms with Gasteiger partial charge in [0.15, 0.2) is 0 Å². The number of aliphatic hydroxyl groups excluding tert-OH is 2. The van der Waals surface area contributed by atoms with Crippen molar-refractivity contribution in [1.82, 2.24) is 0 Å². The summed E-state index contributed by atoms with van der Waals surface area (Å²) in [7, 11) is 0. The Kier molecular flexibility index (Phi) is 4.81. The van der Waals surface area contributed by atoms with E-state index in [1.807, 2.05) is 6.92 Å². The molecule has 1 rings (SSSR count). The Labute approximate surface area is 100 Å². The highest BCUT2D eigenvalue weighted by Gasteiger charge is 2.35. The molecule has 0 aromatic heterocycles. The lowest BCUT2D eigenvalue weighted by molar-refractivity contribution is -0.00506. The van der Waals surface area contributed by atoms with Crippen LogP contribution in [0.3, 0.4) is 0 Å². The molecular weight excluding hydrogens is 200 g/mol. The zero-order chi connectivity index (χ0) is 12.3. The van der Waals surface area contributed by atoms with Crippen LogP contribution in [0.4, 0.5) is 0 Å². The van der Waals surface area contributed by atoms with Gasteiger partial charge in [0.2, 0.25) is 0 Å². The summed E-state index contributed by atoms with van der Waals surface area (Å²) in [4.78, 5) is 0. The van der Waals surface area contributed by atoms with Crippen molar-refractivity contribution in [3.8, 4) is 0 Å². The monoisotopic (exact) mass is 228 g/mol. The molecule has 2 N–H and O–H groups in total. The molecule has 0 aromatic carbocycles. The van der Waals surface area contributed by atoms with Gasteiger partial charge in [-0.2, -0.15) is 0 Å². The van der Waals surface area contributed by atoms with Crippen molar-refractivity contribution in [3.63, 3.8) is 0 Å². The molecule has 0 radical (unpaired) electrons. The van der Waals surface area contributed by atoms with E-state index in [0.717, 1.165) is 32.1 Å². The zero-order valence-corrected chi connectivity index (χ0v) is 11.2. The molecule has 1 saturated carbocycles. The van der Waals surface area contributed by atoms with Gasteiger partial charge in [-0.1, -0.05) is 27.7 Å². The Balaban J connectivity index is 2.55. The third-order valence-electron chi connectivity index (χ3n) is 4.21. The summed E-state index contributed by atoms with van der Waals surface area (Å²) in [6, 6.07) is 0. The second-order valence-corrected chi connectivity index (χ2v) is 6.50. The van der Waals surface area contributed by atoms with Gasteiger partial charge >= 0.3 is 0 Å². The zero-order valence-electron chi connectivity index (χ0n) is 11.2. The lowest BCUT2D eigenvalue weighted by Crippen LogP contribution is -2.36. The molecule has 0 saturated heterocycles. The molecule has 0 bridgehead atoms. The Bertz CT molecular complexity index is 207. The Hall–Kier alpha value is -0.0800. The molecule has 4 atom stereocenters. The van der Waals surface area contributed by atoms with E-state index in [-0.39, 0.29) is 12.2 Å². The fourth-order valence-corrected chi connectivity index (χ4v) is 2.80. The van der Waals surface area contributed by atoms with E-state index in [1.54, 1.807) is 0 Å². The highest BCUT2D eigenvalue weighted by Crippen LogP contribution is 2.41. The van der Waals surface area contributed by atoms with E-state index < -0.39 is 0 Å². The molecule has 0 heterocycles. The minimum Gasteiger partial charge on any atom is -0.393 e. The summed E-state index contributed by atoms with van der Waals surface area (Å²) in [6.45, 7) is 8.84. The molecular formula is C14H28O2. The SMILES string of the molecule is CCC(O)CC1CC(C(C)(C)C)CCC1O. The molecule has 2 nitrogen and oxygen atoms in total. The molecule has 0 aliphatic heterocycles. The first kappa shape index (κ1) is 14.0. The number of aliphatic hydroxyl groups is 2. The first-order valence-corrected chi connectivity index (χ1v) is 6.70. The van der Waals surface area contributed by atoms with Crippen LogP contribution in [-0.2, 0) is 0 Å². The molecule has 1 aliphatic carbocycles. The summed E-state index contributed by atoms with van der Waals surface area (Å²) >= 11 is 0. The van der Waals surface area contributed by atoms with E-state index in [4.69, 9.17) is 0 Å². The maximum absolute atomic E-state index is 9.99. The van der Waals surface area contributed by atoms with Crippen molar-refractivity contribution < 1.29 is 10.2 Å². The molecule has 2 heteroatoms. The van der Waals surface area contributed by atoms with Gasteiger partial charge < -0.3 is 10.2 Å². The Morgan fingerprint density at radius 2 is 1.88 bits per heavy atom. The Morgan fingerprint density at radius 1 is 1.25 bits per heavy atom. The van der Waals surface area contributed by atoms with Gasteiger partial charge in [-0.05, 0) is 49.4 Å². The van der Waals surface area contributed by atoms with Crippen molar-refractivity contribution in [3.05, 3.63) is 0 Å². The average molecular weight is 228 g/mol. The quantitative estimate of drug-likeness (QED) is 0.779. The normalized spacial score (nSPS) is 33.8. The predicted octanol–water partition coefficient (Wildman–Crippen LogP) is 2.97. The standard InChI is InChI=1S/C14H28O2/c1-5-12(15)9-10-8-11(14(2,3)4)6-7-13(10)16/h10-13,15-16H,5-9H2,1-4H3. The third kappa shape index (κ3) is 3.74. The summed E-state index contributed by atoms with van der Waals surface area (Å²) < 4.78 is 0. The Morgan fingerprint density at radius 3 is 2.38 bits per heavy atom. The van der Waals surface area contributed by atoms with Gasteiger partial charge in [0.1, 0.15) is 0 Å². The average Bonchev–Trinajstić information content (AvgIpc) is 2.19. The summed E-state index contributed by atoms with van der Waals surface area (Å²) in [5.41, 5.74) is 0.329. The fraction of sp³-hybridized carbons (Fsp3) is 1.00. The van der Waals surface area contributed by atoms with Crippen molar-refractivity contribution in [1.29, 1.82) is 0 Å². The summed E-state index contributed by atoms with van der Waals surface area (Å²) in [5.74, 6) is 0.984. The van der Waals surface area contributed by atoms with Crippen molar-refractivity contribution >= 4 is 0 Å². The van der Waals surface area contributed by atoms with E-state index in [1.165, 1.54) is 0 Å². The molecule has 96 valence electrons. The van der Waals surface area contributed by atoms with Gasteiger partial charge in [-0.25, -0.2) is 0 Å². The summed E-state index contributed by atoms with van der Waals surface area (Å²) in [5, 5.41) is 19.7. The van der Waals surface area contributed by atoms with E-state index >= 15 is 0 Å². The number of rotatable bonds is 3. The summed E-state index contributed by atoms with van der Waals surface area (Å²) in [6.07, 6.45) is 4.24. The van der Waals surface area contributed by atoms with Crippen LogP contribution in [0.1, 0.15) is 59.8 Å². The van der Waals surface area contributed by atoms with Gasteiger partial charge in [0, 0.05) is 0 Å². The second kappa shape index (κ2) is 5.50. The van der Waals surface area contributed by atoms with Crippen molar-refractivity contribution in [2.75, 3.05) is 0 Å². The topological polar surface area (TPSA) is 40.5 Å². The molecule has 0 amide bonds. The number of hydrogen-bond donors (Lipinski definition) is 2. The maximum atomic E-state index is 9.99. The van der Waals surface area contributed by atoms with Crippen molar-refractivity contribution in [2.24, 2.45) is 17.3 Å². The van der Waals surface area contributed by atoms with Crippen LogP contribution in [0.15, 0.2) is 0 Å². The third-order valence-corrected chi connectivity index (χ3v) is 4.21. The minimum atomic E-state index is -0.238. The maximum Gasteiger partial charge on any atom is 0.0569 e. The first-order valence-electron chi connectivity index (χ1n) is 6.70. The van der Waals surface area contributed by atoms with Gasteiger partial charge in [0.05, 0.1) is 12.2 Å². The lowest BCUT2D eigenvalue weighted by Gasteiger charge is -2.40. The molecule has 4 unspecified atom stereocenters.